The van der Waals surface area contributed by atoms with Gasteiger partial charge in [0, 0.05) is 0 Å². The Kier molecular flexibility index (Phi) is 6.08. The minimum Gasteiger partial charge on any atom is -0.492 e. The second-order valence-corrected chi connectivity index (χ2v) is 4.46. The lowest BCUT2D eigenvalue weighted by Gasteiger charge is -2.10. The van der Waals surface area contributed by atoms with Crippen LogP contribution in [0.15, 0.2) is 41.4 Å². The van der Waals surface area contributed by atoms with Gasteiger partial charge in [-0.15, -0.1) is 0 Å². The highest BCUT2D eigenvalue weighted by molar-refractivity contribution is 5.77. The van der Waals surface area contributed by atoms with E-state index in [4.69, 9.17) is 10.5 Å². The summed E-state index contributed by atoms with van der Waals surface area (Å²) in [6.07, 6.45) is -4.34. The first kappa shape index (κ1) is 16.9. The number of guanidine groups is 1. The Labute approximate surface area is 121 Å². The highest BCUT2D eigenvalue weighted by Crippen LogP contribution is 2.30. The average molecular weight is 301 g/mol. The number of nitrogens with two attached hydrogens (primary N) is 1. The van der Waals surface area contributed by atoms with Crippen molar-refractivity contribution in [2.45, 2.75) is 13.1 Å². The molecule has 3 N–H and O–H groups in total. The third-order valence-electron chi connectivity index (χ3n) is 2.38. The molecule has 0 aliphatic carbocycles. The number of hydrogen-bond acceptors (Lipinski definition) is 2. The summed E-state index contributed by atoms with van der Waals surface area (Å²) in [5, 5.41) is 2.83. The van der Waals surface area contributed by atoms with Gasteiger partial charge in [-0.1, -0.05) is 12.2 Å². The van der Waals surface area contributed by atoms with Crippen molar-refractivity contribution in [3.63, 3.8) is 0 Å². The fraction of sp³-hybridized carbons (Fsp3) is 0.357. The molecule has 7 heteroatoms. The van der Waals surface area contributed by atoms with Gasteiger partial charge in [0.25, 0.3) is 0 Å². The maximum absolute atomic E-state index is 12.4. The Hall–Kier alpha value is -2.18. The van der Waals surface area contributed by atoms with Crippen molar-refractivity contribution in [1.82, 2.24) is 5.32 Å². The number of alkyl halides is 3. The number of nitrogens with zero attached hydrogens (tertiary/aromatic N) is 1. The summed E-state index contributed by atoms with van der Waals surface area (Å²) in [7, 11) is 0. The summed E-state index contributed by atoms with van der Waals surface area (Å²) in [5.41, 5.74) is 5.77. The van der Waals surface area contributed by atoms with Crippen molar-refractivity contribution in [3.05, 3.63) is 42.0 Å². The zero-order valence-corrected chi connectivity index (χ0v) is 11.7. The van der Waals surface area contributed by atoms with Crippen molar-refractivity contribution in [2.75, 3.05) is 19.7 Å². The zero-order valence-electron chi connectivity index (χ0n) is 11.7. The summed E-state index contributed by atoms with van der Waals surface area (Å²) in [6, 6.07) is 4.51. The Morgan fingerprint density at radius 1 is 1.33 bits per heavy atom. The Bertz CT molecular complexity index is 495. The summed E-state index contributed by atoms with van der Waals surface area (Å²) >= 11 is 0. The van der Waals surface area contributed by atoms with Crippen LogP contribution in [-0.4, -0.2) is 25.7 Å². The second kappa shape index (κ2) is 7.56. The molecule has 116 valence electrons. The van der Waals surface area contributed by atoms with E-state index < -0.39 is 11.7 Å². The van der Waals surface area contributed by atoms with Crippen LogP contribution in [0.4, 0.5) is 13.2 Å². The number of hydrogen-bond donors (Lipinski definition) is 2. The molecular formula is C14H18F3N3O. The van der Waals surface area contributed by atoms with Gasteiger partial charge in [-0.3, -0.25) is 0 Å². The van der Waals surface area contributed by atoms with E-state index in [1.165, 1.54) is 12.1 Å². The normalized spacial score (nSPS) is 12.1. The molecule has 4 nitrogen and oxygen atoms in total. The smallest absolute Gasteiger partial charge is 0.416 e. The lowest BCUT2D eigenvalue weighted by molar-refractivity contribution is -0.137. The van der Waals surface area contributed by atoms with E-state index in [0.29, 0.717) is 18.8 Å². The molecule has 0 aromatic heterocycles. The largest absolute Gasteiger partial charge is 0.492 e. The molecule has 0 bridgehead atoms. The number of rotatable bonds is 6. The van der Waals surface area contributed by atoms with Gasteiger partial charge in [0.1, 0.15) is 12.4 Å². The van der Waals surface area contributed by atoms with Crippen LogP contribution in [0.2, 0.25) is 0 Å². The molecular weight excluding hydrogens is 283 g/mol. The molecule has 1 rings (SSSR count). The lowest BCUT2D eigenvalue weighted by Crippen LogP contribution is -2.34. The Morgan fingerprint density at radius 3 is 2.48 bits per heavy atom. The number of aliphatic imine (C=N–C) groups is 1. The highest BCUT2D eigenvalue weighted by Gasteiger charge is 2.29. The molecule has 0 radical (unpaired) electrons. The summed E-state index contributed by atoms with van der Waals surface area (Å²) < 4.78 is 42.4. The molecule has 0 fully saturated rings. The van der Waals surface area contributed by atoms with Gasteiger partial charge in [0.05, 0.1) is 18.7 Å². The van der Waals surface area contributed by atoms with Crippen molar-refractivity contribution in [2.24, 2.45) is 10.7 Å². The van der Waals surface area contributed by atoms with Crippen LogP contribution in [0.25, 0.3) is 0 Å². The van der Waals surface area contributed by atoms with Gasteiger partial charge in [-0.05, 0) is 31.2 Å². The van der Waals surface area contributed by atoms with E-state index in [2.05, 4.69) is 16.9 Å². The minimum absolute atomic E-state index is 0.259. The molecule has 0 aliphatic heterocycles. The molecule has 0 saturated heterocycles. The van der Waals surface area contributed by atoms with Crippen LogP contribution in [0.3, 0.4) is 0 Å². The third kappa shape index (κ3) is 6.69. The van der Waals surface area contributed by atoms with Gasteiger partial charge in [-0.2, -0.15) is 13.2 Å². The SMILES string of the molecule is C=C(C)CN=C(N)NCCOc1ccc(C(F)(F)F)cc1. The van der Waals surface area contributed by atoms with E-state index in [1.807, 2.05) is 6.92 Å². The lowest BCUT2D eigenvalue weighted by atomic mass is 10.2. The Balaban J connectivity index is 2.33. The van der Waals surface area contributed by atoms with Crippen LogP contribution in [0, 0.1) is 0 Å². The first-order chi connectivity index (χ1) is 9.79. The van der Waals surface area contributed by atoms with E-state index in [-0.39, 0.29) is 12.6 Å². The monoisotopic (exact) mass is 301 g/mol. The standard InChI is InChI=1S/C14H18F3N3O/c1-10(2)9-20-13(18)19-7-8-21-12-5-3-11(4-6-12)14(15,16)17/h3-6H,1,7-9H2,2H3,(H3,18,19,20). The maximum Gasteiger partial charge on any atom is 0.416 e. The number of benzene rings is 1. The van der Waals surface area contributed by atoms with Crippen molar-refractivity contribution in [1.29, 1.82) is 0 Å². The fourth-order valence-electron chi connectivity index (χ4n) is 1.36. The molecule has 0 heterocycles. The van der Waals surface area contributed by atoms with Gasteiger partial charge in [0.2, 0.25) is 0 Å². The van der Waals surface area contributed by atoms with Crippen LogP contribution in [-0.2, 0) is 6.18 Å². The van der Waals surface area contributed by atoms with Crippen LogP contribution >= 0.6 is 0 Å². The Morgan fingerprint density at radius 2 is 1.95 bits per heavy atom. The summed E-state index contributed by atoms with van der Waals surface area (Å²) in [5.74, 6) is 0.635. The first-order valence-electron chi connectivity index (χ1n) is 6.27. The van der Waals surface area contributed by atoms with Gasteiger partial charge >= 0.3 is 6.18 Å². The van der Waals surface area contributed by atoms with Gasteiger partial charge in [-0.25, -0.2) is 4.99 Å². The van der Waals surface area contributed by atoms with Crippen LogP contribution in [0.5, 0.6) is 5.75 Å². The highest BCUT2D eigenvalue weighted by atomic mass is 19.4. The quantitative estimate of drug-likeness (QED) is 0.367. The van der Waals surface area contributed by atoms with E-state index in [1.54, 1.807) is 0 Å². The molecule has 1 aromatic carbocycles. The third-order valence-corrected chi connectivity index (χ3v) is 2.38. The second-order valence-electron chi connectivity index (χ2n) is 4.46. The molecule has 0 unspecified atom stereocenters. The molecule has 0 saturated carbocycles. The average Bonchev–Trinajstić information content (AvgIpc) is 2.41. The van der Waals surface area contributed by atoms with E-state index >= 15 is 0 Å². The van der Waals surface area contributed by atoms with Gasteiger partial charge < -0.3 is 15.8 Å². The van der Waals surface area contributed by atoms with Crippen molar-refractivity contribution >= 4 is 5.96 Å². The van der Waals surface area contributed by atoms with Crippen LogP contribution < -0.4 is 15.8 Å². The molecule has 21 heavy (non-hydrogen) atoms. The molecule has 0 atom stereocenters. The zero-order chi connectivity index (χ0) is 15.9. The van der Waals surface area contributed by atoms with Crippen molar-refractivity contribution < 1.29 is 17.9 Å². The predicted octanol–water partition coefficient (Wildman–Crippen LogP) is 2.56. The molecule has 0 spiro atoms. The van der Waals surface area contributed by atoms with Gasteiger partial charge in [0.15, 0.2) is 5.96 Å². The summed E-state index contributed by atoms with van der Waals surface area (Å²) in [4.78, 5) is 4.01. The minimum atomic E-state index is -4.34. The maximum atomic E-state index is 12.4. The summed E-state index contributed by atoms with van der Waals surface area (Å²) in [6.45, 7) is 6.63. The number of ether oxygens (including phenoxy) is 1. The van der Waals surface area contributed by atoms with Crippen molar-refractivity contribution in [3.8, 4) is 5.75 Å². The topological polar surface area (TPSA) is 59.6 Å². The van der Waals surface area contributed by atoms with E-state index in [9.17, 15) is 13.2 Å². The molecule has 0 aliphatic rings. The molecule has 0 amide bonds. The number of nitrogens with one attached hydrogen (secondary N) is 1. The molecule has 1 aromatic rings. The van der Waals surface area contributed by atoms with Crippen LogP contribution in [0.1, 0.15) is 12.5 Å². The predicted molar refractivity (Wildman–Crippen MR) is 76.2 cm³/mol. The number of halogens is 3. The van der Waals surface area contributed by atoms with E-state index in [0.717, 1.165) is 17.7 Å². The first-order valence-corrected chi connectivity index (χ1v) is 6.27. The fourth-order valence-corrected chi connectivity index (χ4v) is 1.36.